The van der Waals surface area contributed by atoms with Crippen LogP contribution in [0.25, 0.3) is 0 Å². The zero-order chi connectivity index (χ0) is 9.80. The van der Waals surface area contributed by atoms with Crippen molar-refractivity contribution in [2.45, 2.75) is 18.9 Å². The molecule has 3 nitrogen and oxygen atoms in total. The van der Waals surface area contributed by atoms with Gasteiger partial charge in [-0.05, 0) is 18.4 Å². The summed E-state index contributed by atoms with van der Waals surface area (Å²) in [6, 6.07) is -0.190. The highest BCUT2D eigenvalue weighted by Crippen LogP contribution is 2.21. The van der Waals surface area contributed by atoms with Gasteiger partial charge in [0, 0.05) is 0 Å². The maximum Gasteiger partial charge on any atom is 0.159 e. The summed E-state index contributed by atoms with van der Waals surface area (Å²) < 4.78 is 10.3. The lowest BCUT2D eigenvalue weighted by Crippen LogP contribution is -2.27. The highest BCUT2D eigenvalue weighted by atomic mass is 16.5. The molecule has 1 aliphatic heterocycles. The second-order valence-electron chi connectivity index (χ2n) is 3.23. The maximum atomic E-state index is 6.01. The van der Waals surface area contributed by atoms with Crippen LogP contribution in [0.15, 0.2) is 48.3 Å². The summed E-state index contributed by atoms with van der Waals surface area (Å²) in [5.41, 5.74) is 7.19. The minimum Gasteiger partial charge on any atom is -0.466 e. The molecule has 3 heteroatoms. The van der Waals surface area contributed by atoms with E-state index < -0.39 is 0 Å². The van der Waals surface area contributed by atoms with E-state index >= 15 is 0 Å². The molecule has 0 aromatic heterocycles. The predicted molar refractivity (Wildman–Crippen MR) is 53.8 cm³/mol. The zero-order valence-electron chi connectivity index (χ0n) is 7.85. The quantitative estimate of drug-likeness (QED) is 0.725. The SMILES string of the molecule is NC(C1=CC=CCC1)C1=COC=CO1. The molecule has 1 aliphatic carbocycles. The smallest absolute Gasteiger partial charge is 0.159 e. The first-order chi connectivity index (χ1) is 6.88. The van der Waals surface area contributed by atoms with Crippen LogP contribution >= 0.6 is 0 Å². The molecule has 0 aromatic rings. The van der Waals surface area contributed by atoms with Crippen molar-refractivity contribution >= 4 is 0 Å². The van der Waals surface area contributed by atoms with Crippen molar-refractivity contribution in [3.05, 3.63) is 48.3 Å². The molecule has 2 aliphatic rings. The fourth-order valence-electron chi connectivity index (χ4n) is 1.48. The number of rotatable bonds is 2. The number of hydrogen-bond acceptors (Lipinski definition) is 3. The third-order valence-electron chi connectivity index (χ3n) is 2.27. The van der Waals surface area contributed by atoms with Gasteiger partial charge in [-0.25, -0.2) is 0 Å². The first-order valence-corrected chi connectivity index (χ1v) is 4.66. The van der Waals surface area contributed by atoms with Gasteiger partial charge in [0.1, 0.15) is 18.8 Å². The Labute approximate surface area is 83.2 Å². The molecule has 1 unspecified atom stereocenters. The Morgan fingerprint density at radius 3 is 2.93 bits per heavy atom. The maximum absolute atomic E-state index is 6.01. The van der Waals surface area contributed by atoms with Crippen LogP contribution in [-0.2, 0) is 9.47 Å². The first-order valence-electron chi connectivity index (χ1n) is 4.66. The Bertz CT molecular complexity index is 326. The van der Waals surface area contributed by atoms with Gasteiger partial charge in [-0.2, -0.15) is 0 Å². The molecule has 1 heterocycles. The minimum atomic E-state index is -0.190. The third kappa shape index (κ3) is 1.88. The molecule has 0 spiro atoms. The molecule has 2 rings (SSSR count). The van der Waals surface area contributed by atoms with Gasteiger partial charge < -0.3 is 15.2 Å². The lowest BCUT2D eigenvalue weighted by atomic mass is 9.97. The topological polar surface area (TPSA) is 44.5 Å². The Hall–Kier alpha value is -1.48. The van der Waals surface area contributed by atoms with E-state index in [0.717, 1.165) is 12.8 Å². The second-order valence-corrected chi connectivity index (χ2v) is 3.23. The van der Waals surface area contributed by atoms with Crippen LogP contribution in [0.2, 0.25) is 0 Å². The average molecular weight is 191 g/mol. The van der Waals surface area contributed by atoms with Gasteiger partial charge in [0.05, 0.1) is 6.04 Å². The van der Waals surface area contributed by atoms with Gasteiger partial charge in [-0.15, -0.1) is 0 Å². The molecule has 0 amide bonds. The van der Waals surface area contributed by atoms with Crippen molar-refractivity contribution in [1.29, 1.82) is 0 Å². The average Bonchev–Trinajstić information content (AvgIpc) is 2.30. The minimum absolute atomic E-state index is 0.190. The van der Waals surface area contributed by atoms with E-state index in [1.807, 2.05) is 12.2 Å². The van der Waals surface area contributed by atoms with Gasteiger partial charge in [-0.1, -0.05) is 18.2 Å². The zero-order valence-corrected chi connectivity index (χ0v) is 7.85. The highest BCUT2D eigenvalue weighted by Gasteiger charge is 2.17. The van der Waals surface area contributed by atoms with E-state index in [2.05, 4.69) is 6.08 Å². The van der Waals surface area contributed by atoms with Gasteiger partial charge in [0.15, 0.2) is 5.76 Å². The predicted octanol–water partition coefficient (Wildman–Crippen LogP) is 1.95. The molecule has 14 heavy (non-hydrogen) atoms. The van der Waals surface area contributed by atoms with Crippen LogP contribution in [-0.4, -0.2) is 6.04 Å². The van der Waals surface area contributed by atoms with Crippen LogP contribution in [0.1, 0.15) is 12.8 Å². The van der Waals surface area contributed by atoms with Crippen molar-refractivity contribution in [1.82, 2.24) is 0 Å². The Morgan fingerprint density at radius 1 is 1.36 bits per heavy atom. The normalized spacial score (nSPS) is 21.8. The summed E-state index contributed by atoms with van der Waals surface area (Å²) in [5, 5.41) is 0. The van der Waals surface area contributed by atoms with Gasteiger partial charge >= 0.3 is 0 Å². The van der Waals surface area contributed by atoms with Crippen molar-refractivity contribution < 1.29 is 9.47 Å². The fourth-order valence-corrected chi connectivity index (χ4v) is 1.48. The molecule has 0 saturated heterocycles. The lowest BCUT2D eigenvalue weighted by Gasteiger charge is -2.20. The van der Waals surface area contributed by atoms with Crippen LogP contribution < -0.4 is 5.73 Å². The second kappa shape index (κ2) is 4.15. The molecule has 0 saturated carbocycles. The van der Waals surface area contributed by atoms with E-state index in [0.29, 0.717) is 5.76 Å². The van der Waals surface area contributed by atoms with E-state index in [-0.39, 0.29) is 6.04 Å². The van der Waals surface area contributed by atoms with Gasteiger partial charge in [0.2, 0.25) is 0 Å². The molecular weight excluding hydrogens is 178 g/mol. The van der Waals surface area contributed by atoms with Crippen LogP contribution in [0.5, 0.6) is 0 Å². The monoisotopic (exact) mass is 191 g/mol. The van der Waals surface area contributed by atoms with E-state index in [9.17, 15) is 0 Å². The molecular formula is C11H13NO2. The molecule has 0 aromatic carbocycles. The third-order valence-corrected chi connectivity index (χ3v) is 2.27. The van der Waals surface area contributed by atoms with Crippen LogP contribution in [0, 0.1) is 0 Å². The number of ether oxygens (including phenoxy) is 2. The Balaban J connectivity index is 2.07. The van der Waals surface area contributed by atoms with E-state index in [1.165, 1.54) is 18.1 Å². The Kier molecular flexibility index (Phi) is 2.70. The van der Waals surface area contributed by atoms with Crippen molar-refractivity contribution in [2.24, 2.45) is 5.73 Å². The van der Waals surface area contributed by atoms with Gasteiger partial charge in [-0.3, -0.25) is 0 Å². The van der Waals surface area contributed by atoms with Gasteiger partial charge in [0.25, 0.3) is 0 Å². The summed E-state index contributed by atoms with van der Waals surface area (Å²) in [7, 11) is 0. The van der Waals surface area contributed by atoms with Crippen molar-refractivity contribution in [3.63, 3.8) is 0 Å². The van der Waals surface area contributed by atoms with E-state index in [1.54, 1.807) is 6.26 Å². The molecule has 2 N–H and O–H groups in total. The Morgan fingerprint density at radius 2 is 2.29 bits per heavy atom. The summed E-state index contributed by atoms with van der Waals surface area (Å²) in [6.45, 7) is 0. The molecule has 1 atom stereocenters. The molecule has 74 valence electrons. The fraction of sp³-hybridized carbons (Fsp3) is 0.273. The molecule has 0 fully saturated rings. The number of hydrogen-bond donors (Lipinski definition) is 1. The lowest BCUT2D eigenvalue weighted by molar-refractivity contribution is 0.242. The largest absolute Gasteiger partial charge is 0.466 e. The summed E-state index contributed by atoms with van der Waals surface area (Å²) in [5.74, 6) is 0.661. The van der Waals surface area contributed by atoms with Crippen LogP contribution in [0.3, 0.4) is 0 Å². The molecule has 0 radical (unpaired) electrons. The summed E-state index contributed by atoms with van der Waals surface area (Å²) in [4.78, 5) is 0. The standard InChI is InChI=1S/C11H13NO2/c12-11(9-4-2-1-3-5-9)10-8-13-6-7-14-10/h1-2,4,6-8,11H,3,5,12H2. The van der Waals surface area contributed by atoms with Crippen molar-refractivity contribution in [2.75, 3.05) is 0 Å². The summed E-state index contributed by atoms with van der Waals surface area (Å²) >= 11 is 0. The highest BCUT2D eigenvalue weighted by molar-refractivity contribution is 5.28. The molecule has 0 bridgehead atoms. The number of allylic oxidation sites excluding steroid dienone is 3. The summed E-state index contributed by atoms with van der Waals surface area (Å²) in [6.07, 6.45) is 12.7. The van der Waals surface area contributed by atoms with Crippen molar-refractivity contribution in [3.8, 4) is 0 Å². The number of nitrogens with two attached hydrogens (primary N) is 1. The first kappa shape index (κ1) is 9.09. The van der Waals surface area contributed by atoms with Crippen LogP contribution in [0.4, 0.5) is 0 Å². The van der Waals surface area contributed by atoms with E-state index in [4.69, 9.17) is 15.2 Å².